The Morgan fingerprint density at radius 3 is 1.54 bits per heavy atom. The van der Waals surface area contributed by atoms with E-state index in [1.54, 1.807) is 0 Å². The third-order valence-corrected chi connectivity index (χ3v) is 9.32. The van der Waals surface area contributed by atoms with E-state index in [-0.39, 0.29) is 6.61 Å². The molecule has 274 valence electrons. The van der Waals surface area contributed by atoms with Crippen molar-refractivity contribution in [3.63, 3.8) is 0 Å². The smallest absolute Gasteiger partial charge is 0.249 e. The van der Waals surface area contributed by atoms with Crippen LogP contribution in [0.5, 0.6) is 0 Å². The number of ether oxygens (including phenoxy) is 2. The maximum absolute atomic E-state index is 12.9. The average Bonchev–Trinajstić information content (AvgIpc) is 3.05. The number of nitrogens with one attached hydrogen (secondary N) is 1. The molecule has 0 radical (unpaired) electrons. The average molecular weight is 662 g/mol. The third-order valence-electron chi connectivity index (χ3n) is 9.32. The van der Waals surface area contributed by atoms with Gasteiger partial charge in [0.25, 0.3) is 0 Å². The van der Waals surface area contributed by atoms with Gasteiger partial charge in [0.05, 0.1) is 25.4 Å². The first-order chi connectivity index (χ1) is 22.3. The number of amides is 1. The minimum absolute atomic E-state index is 0.251. The molecule has 0 aliphatic carbocycles. The molecule has 7 N–H and O–H groups in total. The Balaban J connectivity index is 2.50. The minimum Gasteiger partial charge on any atom is -0.394 e. The van der Waals surface area contributed by atoms with E-state index in [4.69, 9.17) is 9.47 Å². The van der Waals surface area contributed by atoms with E-state index in [2.05, 4.69) is 19.2 Å². The van der Waals surface area contributed by atoms with Crippen LogP contribution in [0, 0.1) is 0 Å². The highest BCUT2D eigenvalue weighted by Crippen LogP contribution is 2.23. The predicted octanol–water partition coefficient (Wildman–Crippen LogP) is 5.02. The zero-order valence-electron chi connectivity index (χ0n) is 29.2. The predicted molar refractivity (Wildman–Crippen MR) is 181 cm³/mol. The van der Waals surface area contributed by atoms with Gasteiger partial charge in [0.1, 0.15) is 30.5 Å². The van der Waals surface area contributed by atoms with Gasteiger partial charge in [0.2, 0.25) is 5.91 Å². The number of rotatable bonds is 30. The lowest BCUT2D eigenvalue weighted by Gasteiger charge is -2.40. The summed E-state index contributed by atoms with van der Waals surface area (Å²) in [6.07, 6.45) is 16.0. The zero-order chi connectivity index (χ0) is 34.0. The molecule has 8 unspecified atom stereocenters. The summed E-state index contributed by atoms with van der Waals surface area (Å²) in [5.41, 5.74) is 0. The molecule has 1 rings (SSSR count). The van der Waals surface area contributed by atoms with Crippen molar-refractivity contribution >= 4 is 5.91 Å². The van der Waals surface area contributed by atoms with E-state index in [1.165, 1.54) is 83.5 Å². The van der Waals surface area contributed by atoms with Gasteiger partial charge in [-0.1, -0.05) is 149 Å². The Labute approximate surface area is 279 Å². The normalized spacial score (nSPS) is 23.7. The second-order valence-electron chi connectivity index (χ2n) is 13.5. The van der Waals surface area contributed by atoms with Gasteiger partial charge in [0, 0.05) is 0 Å². The molecule has 0 spiro atoms. The number of unbranched alkanes of at least 4 members (excludes halogenated alkanes) is 19. The van der Waals surface area contributed by atoms with Crippen molar-refractivity contribution in [2.24, 2.45) is 0 Å². The van der Waals surface area contributed by atoms with Gasteiger partial charge in [-0.05, 0) is 12.8 Å². The van der Waals surface area contributed by atoms with Gasteiger partial charge in [-0.3, -0.25) is 4.79 Å². The molecule has 1 aliphatic heterocycles. The van der Waals surface area contributed by atoms with Crippen LogP contribution in [-0.4, -0.2) is 98.7 Å². The van der Waals surface area contributed by atoms with Crippen LogP contribution >= 0.6 is 0 Å². The number of aliphatic hydroxyl groups is 6. The Hall–Kier alpha value is -0.850. The molecule has 0 aromatic heterocycles. The SMILES string of the molecule is CCCCCCCCCCCCCCCC(O)C(COC1OC(CO)C(O)C(O)C1O)NC(=O)C(O)CCCCCCCCCC. The fourth-order valence-corrected chi connectivity index (χ4v) is 6.11. The van der Waals surface area contributed by atoms with Gasteiger partial charge >= 0.3 is 0 Å². The molecule has 0 aromatic carbocycles. The van der Waals surface area contributed by atoms with Crippen LogP contribution < -0.4 is 5.32 Å². The van der Waals surface area contributed by atoms with Crippen LogP contribution in [0.1, 0.15) is 162 Å². The van der Waals surface area contributed by atoms with E-state index >= 15 is 0 Å². The number of aliphatic hydroxyl groups excluding tert-OH is 6. The lowest BCUT2D eigenvalue weighted by atomic mass is 9.99. The molecule has 8 atom stereocenters. The second-order valence-corrected chi connectivity index (χ2v) is 13.5. The van der Waals surface area contributed by atoms with Crippen molar-refractivity contribution in [3.05, 3.63) is 0 Å². The number of hydrogen-bond donors (Lipinski definition) is 7. The van der Waals surface area contributed by atoms with Gasteiger partial charge in [-0.2, -0.15) is 0 Å². The van der Waals surface area contributed by atoms with Crippen molar-refractivity contribution in [1.29, 1.82) is 0 Å². The van der Waals surface area contributed by atoms with Crippen LogP contribution in [0.3, 0.4) is 0 Å². The molecular formula is C36H71NO9. The molecule has 10 heteroatoms. The molecule has 10 nitrogen and oxygen atoms in total. The van der Waals surface area contributed by atoms with E-state index < -0.39 is 61.5 Å². The summed E-state index contributed by atoms with van der Waals surface area (Å²) in [6.45, 7) is 3.60. The summed E-state index contributed by atoms with van der Waals surface area (Å²) in [6, 6.07) is -0.884. The Kier molecular flexibility index (Phi) is 26.3. The summed E-state index contributed by atoms with van der Waals surface area (Å²) in [7, 11) is 0. The van der Waals surface area contributed by atoms with Crippen molar-refractivity contribution in [1.82, 2.24) is 5.32 Å². The molecule has 0 saturated carbocycles. The minimum atomic E-state index is -1.59. The van der Waals surface area contributed by atoms with E-state index in [1.807, 2.05) is 0 Å². The topological polar surface area (TPSA) is 169 Å². The number of carbonyl (C=O) groups excluding carboxylic acids is 1. The first-order valence-corrected chi connectivity index (χ1v) is 18.8. The highest BCUT2D eigenvalue weighted by Gasteiger charge is 2.44. The highest BCUT2D eigenvalue weighted by atomic mass is 16.7. The van der Waals surface area contributed by atoms with Crippen LogP contribution in [0.15, 0.2) is 0 Å². The largest absolute Gasteiger partial charge is 0.394 e. The summed E-state index contributed by atoms with van der Waals surface area (Å²) < 4.78 is 11.1. The van der Waals surface area contributed by atoms with E-state index in [9.17, 15) is 35.4 Å². The molecule has 1 amide bonds. The van der Waals surface area contributed by atoms with Crippen LogP contribution in [0.25, 0.3) is 0 Å². The van der Waals surface area contributed by atoms with Crippen LogP contribution in [0.2, 0.25) is 0 Å². The number of carbonyl (C=O) groups is 1. The van der Waals surface area contributed by atoms with Gasteiger partial charge < -0.3 is 45.4 Å². The maximum Gasteiger partial charge on any atom is 0.249 e. The first kappa shape index (κ1) is 43.2. The van der Waals surface area contributed by atoms with Crippen molar-refractivity contribution in [3.8, 4) is 0 Å². The van der Waals surface area contributed by atoms with Crippen molar-refractivity contribution < 1.29 is 44.9 Å². The quantitative estimate of drug-likeness (QED) is 0.0523. The van der Waals surface area contributed by atoms with Crippen molar-refractivity contribution in [2.45, 2.75) is 210 Å². The number of hydrogen-bond acceptors (Lipinski definition) is 9. The molecule has 1 heterocycles. The van der Waals surface area contributed by atoms with Crippen molar-refractivity contribution in [2.75, 3.05) is 13.2 Å². The Morgan fingerprint density at radius 1 is 0.652 bits per heavy atom. The van der Waals surface area contributed by atoms with Crippen LogP contribution in [-0.2, 0) is 14.3 Å². The molecule has 1 aliphatic rings. The molecule has 1 saturated heterocycles. The lowest BCUT2D eigenvalue weighted by molar-refractivity contribution is -0.302. The molecule has 0 bridgehead atoms. The summed E-state index contributed by atoms with van der Waals surface area (Å²) in [5, 5.41) is 64.2. The molecular weight excluding hydrogens is 590 g/mol. The standard InChI is InChI=1S/C36H71NO9/c1-3-5-7-9-11-13-14-15-16-17-19-20-22-24-29(39)28(27-45-36-34(43)33(42)32(41)31(26-38)46-36)37-35(44)30(40)25-23-21-18-12-10-8-6-4-2/h28-34,36,38-43H,3-27H2,1-2H3,(H,37,44). The fraction of sp³-hybridized carbons (Fsp3) is 0.972. The van der Waals surface area contributed by atoms with Crippen LogP contribution in [0.4, 0.5) is 0 Å². The maximum atomic E-state index is 12.9. The van der Waals surface area contributed by atoms with E-state index in [0.29, 0.717) is 12.8 Å². The fourth-order valence-electron chi connectivity index (χ4n) is 6.11. The first-order valence-electron chi connectivity index (χ1n) is 18.8. The monoisotopic (exact) mass is 662 g/mol. The molecule has 46 heavy (non-hydrogen) atoms. The molecule has 1 fully saturated rings. The Morgan fingerprint density at radius 2 is 1.09 bits per heavy atom. The molecule has 0 aromatic rings. The van der Waals surface area contributed by atoms with Gasteiger partial charge in [-0.15, -0.1) is 0 Å². The summed E-state index contributed by atoms with van der Waals surface area (Å²) in [5.74, 6) is -0.588. The third kappa shape index (κ3) is 19.2. The van der Waals surface area contributed by atoms with Gasteiger partial charge in [-0.25, -0.2) is 0 Å². The zero-order valence-corrected chi connectivity index (χ0v) is 29.2. The second kappa shape index (κ2) is 28.0. The highest BCUT2D eigenvalue weighted by molar-refractivity contribution is 5.80. The Bertz CT molecular complexity index is 713. The summed E-state index contributed by atoms with van der Waals surface area (Å²) >= 11 is 0. The van der Waals surface area contributed by atoms with Gasteiger partial charge in [0.15, 0.2) is 6.29 Å². The van der Waals surface area contributed by atoms with E-state index in [0.717, 1.165) is 51.4 Å². The lowest BCUT2D eigenvalue weighted by Crippen LogP contribution is -2.60. The summed E-state index contributed by atoms with van der Waals surface area (Å²) in [4.78, 5) is 12.9.